The number of likely N-dealkylation sites (tertiary alicyclic amines) is 1. The van der Waals surface area contributed by atoms with Gasteiger partial charge in [-0.1, -0.05) is 13.3 Å². The molecule has 0 aromatic heterocycles. The molecule has 0 radical (unpaired) electrons. The van der Waals surface area contributed by atoms with E-state index in [-0.39, 0.29) is 6.04 Å². The summed E-state index contributed by atoms with van der Waals surface area (Å²) in [6.45, 7) is 5.87. The average Bonchev–Trinajstić information content (AvgIpc) is 2.66. The summed E-state index contributed by atoms with van der Waals surface area (Å²) in [5, 5.41) is 0. The Balaban J connectivity index is 2.04. The van der Waals surface area contributed by atoms with Crippen LogP contribution in [-0.2, 0) is 10.0 Å². The van der Waals surface area contributed by atoms with Gasteiger partial charge in [-0.15, -0.1) is 0 Å². The van der Waals surface area contributed by atoms with Crippen LogP contribution in [0.4, 0.5) is 0 Å². The third-order valence-corrected chi connectivity index (χ3v) is 7.44. The minimum absolute atomic E-state index is 0.178. The third-order valence-electron chi connectivity index (χ3n) is 4.12. The highest BCUT2D eigenvalue weighted by molar-refractivity contribution is 7.99. The molecule has 0 aromatic carbocycles. The van der Waals surface area contributed by atoms with Crippen LogP contribution in [0, 0.1) is 0 Å². The zero-order valence-corrected chi connectivity index (χ0v) is 14.2. The molecular weight excluding hydrogens is 292 g/mol. The van der Waals surface area contributed by atoms with E-state index in [1.165, 1.54) is 19.3 Å². The Hall–Kier alpha value is 0.220. The lowest BCUT2D eigenvalue weighted by Gasteiger charge is -2.35. The molecule has 2 rings (SSSR count). The highest BCUT2D eigenvalue weighted by atomic mass is 32.2. The van der Waals surface area contributed by atoms with E-state index in [2.05, 4.69) is 4.90 Å². The van der Waals surface area contributed by atoms with Crippen molar-refractivity contribution in [2.45, 2.75) is 45.1 Å². The van der Waals surface area contributed by atoms with Gasteiger partial charge in [0.15, 0.2) is 0 Å². The van der Waals surface area contributed by atoms with Crippen LogP contribution < -0.4 is 0 Å². The van der Waals surface area contributed by atoms with Crippen LogP contribution in [-0.4, -0.2) is 67.1 Å². The molecule has 0 bridgehead atoms. The van der Waals surface area contributed by atoms with E-state index < -0.39 is 10.0 Å². The molecule has 0 N–H and O–H groups in total. The molecular formula is C14H28N2O2S2. The highest BCUT2D eigenvalue weighted by Crippen LogP contribution is 2.22. The fraction of sp³-hybridized carbons (Fsp3) is 1.00. The number of hydrogen-bond acceptors (Lipinski definition) is 4. The van der Waals surface area contributed by atoms with Crippen LogP contribution in [0.2, 0.25) is 0 Å². The standard InChI is InChI=1S/C14H28N2O2S2/c1-2-11-20(17,18)16-9-6-10-19-13-14(16)12-15-7-4-3-5-8-15/h14H,2-13H2,1H3. The van der Waals surface area contributed by atoms with Gasteiger partial charge in [0, 0.05) is 24.9 Å². The largest absolute Gasteiger partial charge is 0.302 e. The molecule has 0 aliphatic carbocycles. The average molecular weight is 321 g/mol. The molecule has 20 heavy (non-hydrogen) atoms. The minimum atomic E-state index is -3.06. The Morgan fingerprint density at radius 2 is 1.85 bits per heavy atom. The Bertz CT molecular complexity index is 381. The number of nitrogens with zero attached hydrogens (tertiary/aromatic N) is 2. The number of sulfonamides is 1. The van der Waals surface area contributed by atoms with Gasteiger partial charge >= 0.3 is 0 Å². The lowest BCUT2D eigenvalue weighted by molar-refractivity contribution is 0.183. The van der Waals surface area contributed by atoms with Crippen molar-refractivity contribution >= 4 is 21.8 Å². The van der Waals surface area contributed by atoms with E-state index in [1.54, 1.807) is 0 Å². The van der Waals surface area contributed by atoms with Crippen molar-refractivity contribution < 1.29 is 8.42 Å². The molecule has 0 saturated carbocycles. The zero-order chi connectivity index (χ0) is 14.4. The van der Waals surface area contributed by atoms with Gasteiger partial charge in [0.25, 0.3) is 0 Å². The van der Waals surface area contributed by atoms with Gasteiger partial charge in [-0.05, 0) is 44.5 Å². The van der Waals surface area contributed by atoms with Crippen molar-refractivity contribution in [3.63, 3.8) is 0 Å². The highest BCUT2D eigenvalue weighted by Gasteiger charge is 2.32. The second kappa shape index (κ2) is 8.01. The second-order valence-corrected chi connectivity index (χ2v) is 9.06. The molecule has 0 amide bonds. The molecule has 4 nitrogen and oxygen atoms in total. The third kappa shape index (κ3) is 4.61. The number of thioether (sulfide) groups is 1. The van der Waals surface area contributed by atoms with E-state index in [0.717, 1.165) is 37.6 Å². The van der Waals surface area contributed by atoms with Crippen molar-refractivity contribution in [1.29, 1.82) is 0 Å². The Kier molecular flexibility index (Phi) is 6.65. The van der Waals surface area contributed by atoms with Crippen molar-refractivity contribution in [2.75, 3.05) is 43.4 Å². The van der Waals surface area contributed by atoms with E-state index in [0.29, 0.717) is 18.7 Å². The smallest absolute Gasteiger partial charge is 0.214 e. The first-order valence-corrected chi connectivity index (χ1v) is 10.7. The van der Waals surface area contributed by atoms with Crippen LogP contribution in [0.25, 0.3) is 0 Å². The van der Waals surface area contributed by atoms with Crippen molar-refractivity contribution in [3.8, 4) is 0 Å². The molecule has 2 saturated heterocycles. The van der Waals surface area contributed by atoms with Gasteiger partial charge in [0.05, 0.1) is 5.75 Å². The maximum atomic E-state index is 12.5. The second-order valence-electron chi connectivity index (χ2n) is 5.87. The van der Waals surface area contributed by atoms with Gasteiger partial charge in [0.1, 0.15) is 0 Å². The summed E-state index contributed by atoms with van der Waals surface area (Å²) < 4.78 is 26.8. The Labute approximate surface area is 128 Å². The molecule has 1 atom stereocenters. The fourth-order valence-corrected chi connectivity index (χ4v) is 6.04. The van der Waals surface area contributed by atoms with E-state index in [9.17, 15) is 8.42 Å². The molecule has 2 fully saturated rings. The predicted molar refractivity (Wildman–Crippen MR) is 86.8 cm³/mol. The monoisotopic (exact) mass is 320 g/mol. The summed E-state index contributed by atoms with van der Waals surface area (Å²) in [5.74, 6) is 2.35. The Morgan fingerprint density at radius 3 is 2.55 bits per heavy atom. The van der Waals surface area contributed by atoms with Crippen LogP contribution in [0.3, 0.4) is 0 Å². The van der Waals surface area contributed by atoms with Gasteiger partial charge in [-0.25, -0.2) is 8.42 Å². The lowest BCUT2D eigenvalue weighted by Crippen LogP contribution is -2.49. The summed E-state index contributed by atoms with van der Waals surface area (Å²) in [6, 6.07) is 0.178. The number of hydrogen-bond donors (Lipinski definition) is 0. The summed E-state index contributed by atoms with van der Waals surface area (Å²) in [4.78, 5) is 2.47. The molecule has 0 spiro atoms. The number of rotatable bonds is 5. The molecule has 118 valence electrons. The zero-order valence-electron chi connectivity index (χ0n) is 12.6. The SMILES string of the molecule is CCCS(=O)(=O)N1CCCSCC1CN1CCCCC1. The molecule has 0 aromatic rings. The minimum Gasteiger partial charge on any atom is -0.302 e. The molecule has 1 unspecified atom stereocenters. The first-order valence-electron chi connectivity index (χ1n) is 7.93. The topological polar surface area (TPSA) is 40.6 Å². The maximum Gasteiger partial charge on any atom is 0.214 e. The summed E-state index contributed by atoms with van der Waals surface area (Å²) in [7, 11) is -3.06. The van der Waals surface area contributed by atoms with Crippen molar-refractivity contribution in [3.05, 3.63) is 0 Å². The molecule has 2 aliphatic rings. The van der Waals surface area contributed by atoms with Crippen LogP contribution >= 0.6 is 11.8 Å². The summed E-state index contributed by atoms with van der Waals surface area (Å²) in [5.41, 5.74) is 0. The lowest BCUT2D eigenvalue weighted by atomic mass is 10.1. The first kappa shape index (κ1) is 16.6. The fourth-order valence-electron chi connectivity index (χ4n) is 3.13. The van der Waals surface area contributed by atoms with Gasteiger partial charge in [-0.2, -0.15) is 16.1 Å². The van der Waals surface area contributed by atoms with Gasteiger partial charge in [-0.3, -0.25) is 0 Å². The van der Waals surface area contributed by atoms with E-state index >= 15 is 0 Å². The Morgan fingerprint density at radius 1 is 1.10 bits per heavy atom. The molecule has 2 heterocycles. The normalized spacial score (nSPS) is 27.4. The summed E-state index contributed by atoms with van der Waals surface area (Å²) >= 11 is 1.92. The van der Waals surface area contributed by atoms with Crippen LogP contribution in [0.15, 0.2) is 0 Å². The van der Waals surface area contributed by atoms with E-state index in [1.807, 2.05) is 23.0 Å². The molecule has 2 aliphatic heterocycles. The van der Waals surface area contributed by atoms with Gasteiger partial charge < -0.3 is 4.90 Å². The van der Waals surface area contributed by atoms with Crippen LogP contribution in [0.5, 0.6) is 0 Å². The first-order chi connectivity index (χ1) is 9.63. The predicted octanol–water partition coefficient (Wildman–Crippen LogP) is 2.02. The maximum absolute atomic E-state index is 12.5. The van der Waals surface area contributed by atoms with E-state index in [4.69, 9.17) is 0 Å². The molecule has 6 heteroatoms. The summed E-state index contributed by atoms with van der Waals surface area (Å²) in [6.07, 6.45) is 5.56. The van der Waals surface area contributed by atoms with Gasteiger partial charge in [0.2, 0.25) is 10.0 Å². The van der Waals surface area contributed by atoms with Crippen molar-refractivity contribution in [2.24, 2.45) is 0 Å². The van der Waals surface area contributed by atoms with Crippen LogP contribution in [0.1, 0.15) is 39.0 Å². The number of piperidine rings is 1. The quantitative estimate of drug-likeness (QED) is 0.777. The van der Waals surface area contributed by atoms with Crippen molar-refractivity contribution in [1.82, 2.24) is 9.21 Å².